The Morgan fingerprint density at radius 3 is 2.59 bits per heavy atom. The van der Waals surface area contributed by atoms with Crippen LogP contribution in [0.25, 0.3) is 10.2 Å². The van der Waals surface area contributed by atoms with Crippen LogP contribution in [0.15, 0.2) is 66.0 Å². The maximum absolute atomic E-state index is 13.8. The second-order valence-electron chi connectivity index (χ2n) is 8.40. The number of fused-ring (bicyclic) bond motifs is 3. The van der Waals surface area contributed by atoms with Gasteiger partial charge in [-0.25, -0.2) is 0 Å². The molecule has 1 aliphatic heterocycles. The number of benzene rings is 2. The molecule has 1 aliphatic rings. The largest absolute Gasteiger partial charge is 0.497 e. The minimum absolute atomic E-state index is 0.213. The smallest absolute Gasteiger partial charge is 0.275 e. The van der Waals surface area contributed by atoms with E-state index in [9.17, 15) is 9.59 Å². The second-order valence-corrected chi connectivity index (χ2v) is 9.30. The van der Waals surface area contributed by atoms with Crippen LogP contribution in [0.5, 0.6) is 11.5 Å². The number of ether oxygens (including phenoxy) is 2. The summed E-state index contributed by atoms with van der Waals surface area (Å²) in [6.45, 7) is 2.44. The monoisotopic (exact) mass is 475 g/mol. The van der Waals surface area contributed by atoms with Crippen LogP contribution >= 0.6 is 11.3 Å². The Hall–Kier alpha value is -3.78. The first-order chi connectivity index (χ1) is 16.5. The summed E-state index contributed by atoms with van der Waals surface area (Å²) in [5.41, 5.74) is 0.919. The number of anilines is 1. The van der Waals surface area contributed by atoms with Crippen LogP contribution in [0.4, 0.5) is 5.69 Å². The third-order valence-corrected chi connectivity index (χ3v) is 7.29. The Bertz CT molecular complexity index is 1370. The summed E-state index contributed by atoms with van der Waals surface area (Å²) in [4.78, 5) is 30.2. The highest BCUT2D eigenvalue weighted by atomic mass is 32.1. The number of methoxy groups -OCH3 is 2. The Morgan fingerprint density at radius 2 is 1.85 bits per heavy atom. The Labute approximate surface area is 201 Å². The van der Waals surface area contributed by atoms with Crippen LogP contribution in [0.1, 0.15) is 23.0 Å². The Kier molecular flexibility index (Phi) is 5.53. The van der Waals surface area contributed by atoms with Crippen LogP contribution in [-0.4, -0.2) is 36.1 Å². The Morgan fingerprint density at radius 1 is 1.09 bits per heavy atom. The van der Waals surface area contributed by atoms with Gasteiger partial charge in [-0.1, -0.05) is 18.2 Å². The van der Waals surface area contributed by atoms with Gasteiger partial charge in [-0.05, 0) is 54.8 Å². The predicted molar refractivity (Wildman–Crippen MR) is 133 cm³/mol. The number of hydrogen-bond acceptors (Lipinski definition) is 5. The molecule has 4 aromatic rings. The molecule has 174 valence electrons. The molecule has 0 bridgehead atoms. The molecule has 34 heavy (non-hydrogen) atoms. The van der Waals surface area contributed by atoms with Crippen LogP contribution < -0.4 is 19.7 Å². The molecule has 1 unspecified atom stereocenters. The average Bonchev–Trinajstić information content (AvgIpc) is 3.45. The molecule has 0 aliphatic carbocycles. The fourth-order valence-electron chi connectivity index (χ4n) is 4.55. The first-order valence-electron chi connectivity index (χ1n) is 10.9. The summed E-state index contributed by atoms with van der Waals surface area (Å²) in [6.07, 6.45) is 0. The van der Waals surface area contributed by atoms with Gasteiger partial charge >= 0.3 is 0 Å². The number of para-hydroxylation sites is 1. The molecule has 0 fully saturated rings. The number of nitrogens with one attached hydrogen (secondary N) is 1. The van der Waals surface area contributed by atoms with Gasteiger partial charge in [0.2, 0.25) is 5.91 Å². The lowest BCUT2D eigenvalue weighted by atomic mass is 9.93. The van der Waals surface area contributed by atoms with E-state index in [1.54, 1.807) is 42.6 Å². The van der Waals surface area contributed by atoms with Crippen LogP contribution in [-0.2, 0) is 17.9 Å². The number of carbonyl (C=O) groups is 2. The molecule has 2 amide bonds. The number of amides is 2. The molecule has 0 saturated carbocycles. The van der Waals surface area contributed by atoms with Gasteiger partial charge in [0.05, 0.1) is 20.8 Å². The minimum atomic E-state index is -1.16. The van der Waals surface area contributed by atoms with Crippen molar-refractivity contribution in [2.75, 3.05) is 19.1 Å². The average molecular weight is 476 g/mol. The van der Waals surface area contributed by atoms with Gasteiger partial charge in [-0.2, -0.15) is 0 Å². The van der Waals surface area contributed by atoms with Crippen molar-refractivity contribution in [3.05, 3.63) is 77.3 Å². The van der Waals surface area contributed by atoms with Crippen molar-refractivity contribution in [3.8, 4) is 11.5 Å². The van der Waals surface area contributed by atoms with Gasteiger partial charge in [0.15, 0.2) is 0 Å². The van der Waals surface area contributed by atoms with Gasteiger partial charge in [-0.15, -0.1) is 11.3 Å². The quantitative estimate of drug-likeness (QED) is 0.447. The zero-order chi connectivity index (χ0) is 23.9. The van der Waals surface area contributed by atoms with E-state index >= 15 is 0 Å². The predicted octanol–water partition coefficient (Wildman–Crippen LogP) is 4.46. The first kappa shape index (κ1) is 22.0. The Balaban J connectivity index is 1.55. The fourth-order valence-corrected chi connectivity index (χ4v) is 5.44. The van der Waals surface area contributed by atoms with Crippen molar-refractivity contribution in [2.24, 2.45) is 0 Å². The van der Waals surface area contributed by atoms with E-state index in [-0.39, 0.29) is 18.4 Å². The lowest BCUT2D eigenvalue weighted by Crippen LogP contribution is -2.64. The topological polar surface area (TPSA) is 72.8 Å². The summed E-state index contributed by atoms with van der Waals surface area (Å²) in [7, 11) is 3.20. The van der Waals surface area contributed by atoms with Crippen LogP contribution in [0.3, 0.4) is 0 Å². The van der Waals surface area contributed by atoms with E-state index < -0.39 is 5.54 Å². The molecule has 8 heteroatoms. The molecule has 2 aromatic carbocycles. The number of hydrogen-bond donors (Lipinski definition) is 1. The fraction of sp³-hybridized carbons (Fsp3) is 0.231. The van der Waals surface area contributed by atoms with Crippen molar-refractivity contribution in [3.63, 3.8) is 0 Å². The van der Waals surface area contributed by atoms with Crippen molar-refractivity contribution >= 4 is 39.1 Å². The lowest BCUT2D eigenvalue weighted by molar-refractivity contribution is -0.126. The SMILES string of the molecule is COc1ccc(N2C(=O)c3cc4ccsc4n3CC2(C)C(=O)NCc2ccccc2OC)cc1. The zero-order valence-electron chi connectivity index (χ0n) is 19.2. The molecule has 7 nitrogen and oxygen atoms in total. The van der Waals surface area contributed by atoms with Gasteiger partial charge in [0.1, 0.15) is 27.6 Å². The number of thiophene rings is 1. The summed E-state index contributed by atoms with van der Waals surface area (Å²) >= 11 is 1.57. The van der Waals surface area contributed by atoms with Gasteiger partial charge in [-0.3, -0.25) is 14.5 Å². The molecule has 0 radical (unpaired) electrons. The van der Waals surface area contributed by atoms with E-state index in [2.05, 4.69) is 5.32 Å². The maximum atomic E-state index is 13.8. The second kappa shape index (κ2) is 8.53. The van der Waals surface area contributed by atoms with Crippen molar-refractivity contribution in [2.45, 2.75) is 25.6 Å². The third-order valence-electron chi connectivity index (χ3n) is 6.34. The number of rotatable bonds is 6. The maximum Gasteiger partial charge on any atom is 0.275 e. The summed E-state index contributed by atoms with van der Waals surface area (Å²) in [5.74, 6) is 0.925. The summed E-state index contributed by atoms with van der Waals surface area (Å²) in [5, 5.41) is 6.04. The van der Waals surface area contributed by atoms with Crippen LogP contribution in [0.2, 0.25) is 0 Å². The molecule has 0 saturated heterocycles. The summed E-state index contributed by atoms with van der Waals surface area (Å²) in [6, 6.07) is 18.7. The van der Waals surface area contributed by atoms with Gasteiger partial charge in [0, 0.05) is 23.2 Å². The van der Waals surface area contributed by atoms with Crippen LogP contribution in [0, 0.1) is 0 Å². The van der Waals surface area contributed by atoms with Crippen molar-refractivity contribution in [1.29, 1.82) is 0 Å². The molecule has 1 atom stereocenters. The van der Waals surface area contributed by atoms with Gasteiger partial charge in [0.25, 0.3) is 5.91 Å². The summed E-state index contributed by atoms with van der Waals surface area (Å²) < 4.78 is 12.7. The van der Waals surface area contributed by atoms with E-state index in [0.29, 0.717) is 29.4 Å². The standard InChI is InChI=1S/C26H25N3O4S/c1-26(25(31)27-15-18-6-4-5-7-22(18)33-3)16-28-21(14-17-12-13-34-24(17)28)23(30)29(26)19-8-10-20(32-2)11-9-19/h4-14H,15-16H2,1-3H3,(H,27,31). The number of nitrogens with zero attached hydrogens (tertiary/aromatic N) is 2. The van der Waals surface area contributed by atoms with Crippen molar-refractivity contribution in [1.82, 2.24) is 9.88 Å². The van der Waals surface area contributed by atoms with Crippen molar-refractivity contribution < 1.29 is 19.1 Å². The first-order valence-corrected chi connectivity index (χ1v) is 11.8. The molecular weight excluding hydrogens is 450 g/mol. The highest BCUT2D eigenvalue weighted by Gasteiger charge is 2.48. The normalized spacial score (nSPS) is 17.5. The highest BCUT2D eigenvalue weighted by molar-refractivity contribution is 7.16. The molecular formula is C26H25N3O4S. The van der Waals surface area contributed by atoms with E-state index in [1.165, 1.54) is 0 Å². The molecule has 3 heterocycles. The number of aromatic nitrogens is 1. The molecule has 1 N–H and O–H groups in total. The molecule has 0 spiro atoms. The third kappa shape index (κ3) is 3.51. The zero-order valence-corrected chi connectivity index (χ0v) is 20.0. The van der Waals surface area contributed by atoms with Gasteiger partial charge < -0.3 is 19.4 Å². The molecule has 2 aromatic heterocycles. The van der Waals surface area contributed by atoms with E-state index in [4.69, 9.17) is 9.47 Å². The van der Waals surface area contributed by atoms with E-state index in [1.807, 2.05) is 65.4 Å². The number of carbonyl (C=O) groups excluding carboxylic acids is 2. The highest BCUT2D eigenvalue weighted by Crippen LogP contribution is 2.37. The minimum Gasteiger partial charge on any atom is -0.497 e. The molecule has 5 rings (SSSR count). The van der Waals surface area contributed by atoms with E-state index in [0.717, 1.165) is 15.8 Å². The lowest BCUT2D eigenvalue weighted by Gasteiger charge is -2.44.